The monoisotopic (exact) mass is 294 g/mol. The van der Waals surface area contributed by atoms with Crippen LogP contribution in [0.15, 0.2) is 23.1 Å². The van der Waals surface area contributed by atoms with E-state index in [4.69, 9.17) is 5.11 Å². The predicted octanol–water partition coefficient (Wildman–Crippen LogP) is 1.28. The molecule has 106 valence electrons. The van der Waals surface area contributed by atoms with Crippen LogP contribution in [0.5, 0.6) is 0 Å². The summed E-state index contributed by atoms with van der Waals surface area (Å²) in [7, 11) is 1.44. The Kier molecular flexibility index (Phi) is 3.99. The van der Waals surface area contributed by atoms with Crippen molar-refractivity contribution < 1.29 is 19.5 Å². The van der Waals surface area contributed by atoms with Crippen molar-refractivity contribution in [3.63, 3.8) is 0 Å². The van der Waals surface area contributed by atoms with Gasteiger partial charge in [-0.15, -0.1) is 11.8 Å². The third-order valence-electron chi connectivity index (χ3n) is 3.12. The number of carbonyl (C=O) groups is 3. The van der Waals surface area contributed by atoms with Crippen molar-refractivity contribution in [2.45, 2.75) is 17.9 Å². The average Bonchev–Trinajstić information content (AvgIpc) is 2.43. The van der Waals surface area contributed by atoms with Gasteiger partial charge in [0.05, 0.1) is 11.4 Å². The molecular formula is C13H14N2O4S. The molecule has 0 spiro atoms. The van der Waals surface area contributed by atoms with Crippen molar-refractivity contribution in [2.75, 3.05) is 18.1 Å². The number of hydrogen-bond donors (Lipinski definition) is 2. The van der Waals surface area contributed by atoms with Crippen molar-refractivity contribution in [2.24, 2.45) is 0 Å². The Hall–Kier alpha value is -2.02. The molecule has 1 aromatic rings. The lowest BCUT2D eigenvalue weighted by molar-refractivity contribution is -0.141. The molecule has 7 heteroatoms. The van der Waals surface area contributed by atoms with Gasteiger partial charge >= 0.3 is 5.97 Å². The number of carboxylic acids is 1. The molecule has 2 N–H and O–H groups in total. The molecule has 0 saturated carbocycles. The normalized spacial score (nSPS) is 15.0. The molecule has 1 aliphatic rings. The van der Waals surface area contributed by atoms with Crippen LogP contribution in [0, 0.1) is 0 Å². The molecular weight excluding hydrogens is 280 g/mol. The van der Waals surface area contributed by atoms with Crippen molar-refractivity contribution in [1.29, 1.82) is 0 Å². The van der Waals surface area contributed by atoms with Crippen LogP contribution in [-0.4, -0.2) is 46.6 Å². The zero-order valence-corrected chi connectivity index (χ0v) is 11.9. The van der Waals surface area contributed by atoms with Gasteiger partial charge in [0.15, 0.2) is 0 Å². The molecule has 20 heavy (non-hydrogen) atoms. The lowest BCUT2D eigenvalue weighted by Crippen LogP contribution is -2.40. The molecule has 2 rings (SSSR count). The highest BCUT2D eigenvalue weighted by Gasteiger charge is 2.24. The molecule has 1 unspecified atom stereocenters. The zero-order valence-electron chi connectivity index (χ0n) is 11.0. The van der Waals surface area contributed by atoms with Gasteiger partial charge in [0.1, 0.15) is 6.04 Å². The van der Waals surface area contributed by atoms with Crippen LogP contribution in [0.1, 0.15) is 17.3 Å². The second-order valence-electron chi connectivity index (χ2n) is 4.48. The quantitative estimate of drug-likeness (QED) is 0.877. The standard InChI is InChI=1S/C13H14N2O4S/c1-7(13(18)19)15(2)12(17)8-3-4-10-9(5-8)14-11(16)6-20-10/h3-5,7H,6H2,1-2H3,(H,14,16)(H,18,19). The van der Waals surface area contributed by atoms with Crippen molar-refractivity contribution in [3.8, 4) is 0 Å². The Morgan fingerprint density at radius 2 is 2.15 bits per heavy atom. The number of nitrogens with one attached hydrogen (secondary N) is 1. The highest BCUT2D eigenvalue weighted by molar-refractivity contribution is 8.00. The molecule has 1 heterocycles. The van der Waals surface area contributed by atoms with Gasteiger partial charge in [-0.2, -0.15) is 0 Å². The van der Waals surface area contributed by atoms with Crippen molar-refractivity contribution in [1.82, 2.24) is 4.90 Å². The molecule has 0 radical (unpaired) electrons. The van der Waals surface area contributed by atoms with E-state index in [9.17, 15) is 14.4 Å². The van der Waals surface area contributed by atoms with Crippen LogP contribution in [0.2, 0.25) is 0 Å². The van der Waals surface area contributed by atoms with Gasteiger partial charge < -0.3 is 15.3 Å². The number of likely N-dealkylation sites (N-methyl/N-ethyl adjacent to an activating group) is 1. The van der Waals surface area contributed by atoms with Crippen LogP contribution in [-0.2, 0) is 9.59 Å². The van der Waals surface area contributed by atoms with Gasteiger partial charge in [-0.3, -0.25) is 9.59 Å². The predicted molar refractivity (Wildman–Crippen MR) is 75.0 cm³/mol. The van der Waals surface area contributed by atoms with E-state index in [-0.39, 0.29) is 5.91 Å². The van der Waals surface area contributed by atoms with E-state index in [0.717, 1.165) is 9.80 Å². The molecule has 0 saturated heterocycles. The number of hydrogen-bond acceptors (Lipinski definition) is 4. The lowest BCUT2D eigenvalue weighted by Gasteiger charge is -2.23. The number of thioether (sulfide) groups is 1. The largest absolute Gasteiger partial charge is 0.480 e. The maximum atomic E-state index is 12.2. The zero-order chi connectivity index (χ0) is 14.9. The van der Waals surface area contributed by atoms with Gasteiger partial charge in [0.25, 0.3) is 5.91 Å². The van der Waals surface area contributed by atoms with E-state index >= 15 is 0 Å². The minimum absolute atomic E-state index is 0.112. The molecule has 0 aromatic heterocycles. The smallest absolute Gasteiger partial charge is 0.326 e. The number of carboxylic acid groups (broad SMARTS) is 1. The fraction of sp³-hybridized carbons (Fsp3) is 0.308. The van der Waals surface area contributed by atoms with Crippen LogP contribution in [0.4, 0.5) is 5.69 Å². The van der Waals surface area contributed by atoms with Gasteiger partial charge in [-0.1, -0.05) is 0 Å². The average molecular weight is 294 g/mol. The molecule has 6 nitrogen and oxygen atoms in total. The van der Waals surface area contributed by atoms with E-state index in [1.54, 1.807) is 18.2 Å². The summed E-state index contributed by atoms with van der Waals surface area (Å²) in [6.45, 7) is 1.44. The Bertz CT molecular complexity index is 588. The summed E-state index contributed by atoms with van der Waals surface area (Å²) >= 11 is 1.41. The number of fused-ring (bicyclic) bond motifs is 1. The topological polar surface area (TPSA) is 86.7 Å². The van der Waals surface area contributed by atoms with Crippen molar-refractivity contribution >= 4 is 35.2 Å². The first kappa shape index (κ1) is 14.4. The summed E-state index contributed by atoms with van der Waals surface area (Å²) < 4.78 is 0. The first-order chi connectivity index (χ1) is 9.40. The van der Waals surface area contributed by atoms with E-state index in [2.05, 4.69) is 5.32 Å². The summed E-state index contributed by atoms with van der Waals surface area (Å²) in [5.41, 5.74) is 0.940. The number of carbonyl (C=O) groups excluding carboxylic acids is 2. The van der Waals surface area contributed by atoms with Crippen LogP contribution >= 0.6 is 11.8 Å². The second kappa shape index (κ2) is 5.54. The number of anilines is 1. The number of rotatable bonds is 3. The highest BCUT2D eigenvalue weighted by atomic mass is 32.2. The fourth-order valence-corrected chi connectivity index (χ4v) is 2.55. The molecule has 0 aliphatic carbocycles. The Labute approximate surface area is 120 Å². The van der Waals surface area contributed by atoms with E-state index in [0.29, 0.717) is 17.0 Å². The van der Waals surface area contributed by atoms with E-state index in [1.807, 2.05) is 0 Å². The third kappa shape index (κ3) is 2.77. The van der Waals surface area contributed by atoms with Gasteiger partial charge in [0, 0.05) is 17.5 Å². The number of aliphatic carboxylic acids is 1. The summed E-state index contributed by atoms with van der Waals surface area (Å²) in [6.07, 6.45) is 0. The third-order valence-corrected chi connectivity index (χ3v) is 4.19. The summed E-state index contributed by atoms with van der Waals surface area (Å²) in [6, 6.07) is 4.05. The summed E-state index contributed by atoms with van der Waals surface area (Å²) in [5.74, 6) is -1.22. The molecule has 2 amide bonds. The lowest BCUT2D eigenvalue weighted by atomic mass is 10.1. The molecule has 1 atom stereocenters. The number of amides is 2. The van der Waals surface area contributed by atoms with E-state index in [1.165, 1.54) is 25.7 Å². The first-order valence-electron chi connectivity index (χ1n) is 5.97. The Morgan fingerprint density at radius 3 is 2.80 bits per heavy atom. The van der Waals surface area contributed by atoms with Crippen LogP contribution in [0.25, 0.3) is 0 Å². The van der Waals surface area contributed by atoms with Crippen LogP contribution < -0.4 is 5.32 Å². The van der Waals surface area contributed by atoms with Gasteiger partial charge in [0.2, 0.25) is 5.91 Å². The van der Waals surface area contributed by atoms with Crippen LogP contribution in [0.3, 0.4) is 0 Å². The van der Waals surface area contributed by atoms with Gasteiger partial charge in [-0.05, 0) is 25.1 Å². The molecule has 0 bridgehead atoms. The summed E-state index contributed by atoms with van der Waals surface area (Å²) in [5, 5.41) is 11.6. The first-order valence-corrected chi connectivity index (χ1v) is 6.95. The SMILES string of the molecule is CC(C(=O)O)N(C)C(=O)c1ccc2c(c1)NC(=O)CS2. The minimum Gasteiger partial charge on any atom is -0.480 e. The molecule has 1 aliphatic heterocycles. The van der Waals surface area contributed by atoms with E-state index < -0.39 is 17.9 Å². The number of nitrogens with zero attached hydrogens (tertiary/aromatic N) is 1. The maximum Gasteiger partial charge on any atom is 0.326 e. The number of benzene rings is 1. The fourth-order valence-electron chi connectivity index (χ4n) is 1.76. The highest BCUT2D eigenvalue weighted by Crippen LogP contribution is 2.32. The van der Waals surface area contributed by atoms with Crippen molar-refractivity contribution in [3.05, 3.63) is 23.8 Å². The maximum absolute atomic E-state index is 12.2. The minimum atomic E-state index is -1.07. The van der Waals surface area contributed by atoms with Gasteiger partial charge in [-0.25, -0.2) is 4.79 Å². The Balaban J connectivity index is 2.25. The second-order valence-corrected chi connectivity index (χ2v) is 5.50. The molecule has 1 aromatic carbocycles. The Morgan fingerprint density at radius 1 is 1.45 bits per heavy atom. The molecule has 0 fully saturated rings. The summed E-state index contributed by atoms with van der Waals surface area (Å²) in [4.78, 5) is 36.5.